The molecule has 0 aliphatic carbocycles. The Morgan fingerprint density at radius 2 is 2.12 bits per heavy atom. The largest absolute Gasteiger partial charge is 0.493 e. The molecule has 0 amide bonds. The Labute approximate surface area is 103 Å². The van der Waals surface area contributed by atoms with E-state index in [1.807, 2.05) is 31.2 Å². The second-order valence-electron chi connectivity index (χ2n) is 3.74. The maximum absolute atomic E-state index is 10.8. The van der Waals surface area contributed by atoms with Crippen molar-refractivity contribution in [3.8, 4) is 5.75 Å². The summed E-state index contributed by atoms with van der Waals surface area (Å²) in [6.45, 7) is 4.63. The van der Waals surface area contributed by atoms with Crippen LogP contribution in [0.4, 0.5) is 0 Å². The number of hydrogen-bond donors (Lipinski definition) is 0. The van der Waals surface area contributed by atoms with Gasteiger partial charge in [-0.25, -0.2) is 0 Å². The molecule has 2 heteroatoms. The molecule has 0 saturated heterocycles. The predicted molar refractivity (Wildman–Crippen MR) is 70.5 cm³/mol. The molecule has 0 bridgehead atoms. The fourth-order valence-corrected chi connectivity index (χ4v) is 1.50. The first-order valence-electron chi connectivity index (χ1n) is 5.74. The highest BCUT2D eigenvalue weighted by atomic mass is 16.5. The van der Waals surface area contributed by atoms with Gasteiger partial charge >= 0.3 is 0 Å². The Morgan fingerprint density at radius 1 is 1.35 bits per heavy atom. The van der Waals surface area contributed by atoms with E-state index in [-0.39, 0.29) is 0 Å². The molecule has 1 aromatic carbocycles. The van der Waals surface area contributed by atoms with Crippen molar-refractivity contribution in [3.63, 3.8) is 0 Å². The first kappa shape index (κ1) is 13.2. The molecule has 0 radical (unpaired) electrons. The molecule has 0 aliphatic heterocycles. The van der Waals surface area contributed by atoms with Gasteiger partial charge in [-0.1, -0.05) is 35.9 Å². The first-order chi connectivity index (χ1) is 8.27. The second kappa shape index (κ2) is 7.44. The van der Waals surface area contributed by atoms with Crippen molar-refractivity contribution in [3.05, 3.63) is 53.6 Å². The zero-order chi connectivity index (χ0) is 12.5. The van der Waals surface area contributed by atoms with E-state index >= 15 is 0 Å². The molecule has 0 aromatic heterocycles. The normalized spacial score (nSPS) is 11.8. The van der Waals surface area contributed by atoms with Crippen LogP contribution in [0.3, 0.4) is 0 Å². The topological polar surface area (TPSA) is 26.3 Å². The summed E-state index contributed by atoms with van der Waals surface area (Å²) >= 11 is 0. The lowest BCUT2D eigenvalue weighted by Crippen LogP contribution is -1.98. The molecule has 0 spiro atoms. The Balaban J connectivity index is 2.46. The fourth-order valence-electron chi connectivity index (χ4n) is 1.50. The highest BCUT2D eigenvalue weighted by Crippen LogP contribution is 2.15. The highest BCUT2D eigenvalue weighted by molar-refractivity contribution is 5.79. The summed E-state index contributed by atoms with van der Waals surface area (Å²) in [5.74, 6) is 0.652. The number of aldehydes is 1. The maximum atomic E-state index is 10.8. The molecule has 1 rings (SSSR count). The smallest absolute Gasteiger partial charge is 0.153 e. The third-order valence-corrected chi connectivity index (χ3v) is 2.32. The van der Waals surface area contributed by atoms with Crippen LogP contribution in [0.5, 0.6) is 5.75 Å². The van der Waals surface area contributed by atoms with E-state index in [9.17, 15) is 4.79 Å². The molecular formula is C15H18O2. The van der Waals surface area contributed by atoms with Crippen molar-refractivity contribution in [2.75, 3.05) is 6.61 Å². The molecule has 1 aromatic rings. The molecule has 0 unspecified atom stereocenters. The van der Waals surface area contributed by atoms with Gasteiger partial charge in [0.25, 0.3) is 0 Å². The quantitative estimate of drug-likeness (QED) is 0.422. The Bertz CT molecular complexity index is 417. The molecule has 0 N–H and O–H groups in total. The van der Waals surface area contributed by atoms with Gasteiger partial charge in [-0.3, -0.25) is 4.79 Å². The van der Waals surface area contributed by atoms with E-state index in [0.717, 1.165) is 12.7 Å². The Hall–Kier alpha value is -1.83. The van der Waals surface area contributed by atoms with Crippen LogP contribution in [0.25, 0.3) is 0 Å². The van der Waals surface area contributed by atoms with E-state index in [0.29, 0.717) is 17.9 Å². The van der Waals surface area contributed by atoms with E-state index in [1.54, 1.807) is 6.07 Å². The summed E-state index contributed by atoms with van der Waals surface area (Å²) in [6, 6.07) is 7.26. The van der Waals surface area contributed by atoms with Crippen molar-refractivity contribution in [2.24, 2.45) is 0 Å². The second-order valence-corrected chi connectivity index (χ2v) is 3.74. The van der Waals surface area contributed by atoms with Gasteiger partial charge in [-0.2, -0.15) is 0 Å². The van der Waals surface area contributed by atoms with Gasteiger partial charge in [0.2, 0.25) is 0 Å². The number of ether oxygens (including phenoxy) is 1. The molecular weight excluding hydrogens is 212 g/mol. The lowest BCUT2D eigenvalue weighted by molar-refractivity contribution is 0.111. The van der Waals surface area contributed by atoms with E-state index in [1.165, 1.54) is 5.57 Å². The summed E-state index contributed by atoms with van der Waals surface area (Å²) in [5.41, 5.74) is 1.82. The molecule has 17 heavy (non-hydrogen) atoms. The van der Waals surface area contributed by atoms with Crippen LogP contribution in [0.15, 0.2) is 48.1 Å². The van der Waals surface area contributed by atoms with Crippen LogP contribution >= 0.6 is 0 Å². The summed E-state index contributed by atoms with van der Waals surface area (Å²) in [6.07, 6.45) is 7.83. The van der Waals surface area contributed by atoms with Gasteiger partial charge in [0.05, 0.1) is 12.2 Å². The van der Waals surface area contributed by atoms with Crippen LogP contribution in [-0.4, -0.2) is 12.9 Å². The molecule has 0 saturated carbocycles. The standard InChI is InChI=1S/C15H18O2/c1-3-7-13(2)8-6-11-17-15-10-5-4-9-14(15)12-16/h3-5,7-10,12H,6,11H2,1-2H3. The molecule has 90 valence electrons. The van der Waals surface area contributed by atoms with Crippen molar-refractivity contribution in [2.45, 2.75) is 20.3 Å². The van der Waals surface area contributed by atoms with Crippen molar-refractivity contribution in [1.82, 2.24) is 0 Å². The van der Waals surface area contributed by atoms with Crippen molar-refractivity contribution < 1.29 is 9.53 Å². The average molecular weight is 230 g/mol. The van der Waals surface area contributed by atoms with Gasteiger partial charge in [0, 0.05) is 0 Å². The number of carbonyl (C=O) groups is 1. The lowest BCUT2D eigenvalue weighted by Gasteiger charge is -2.06. The van der Waals surface area contributed by atoms with Crippen LogP contribution < -0.4 is 4.74 Å². The van der Waals surface area contributed by atoms with Crippen LogP contribution in [0.2, 0.25) is 0 Å². The summed E-state index contributed by atoms with van der Waals surface area (Å²) in [7, 11) is 0. The minimum atomic E-state index is 0.583. The lowest BCUT2D eigenvalue weighted by atomic mass is 10.2. The third-order valence-electron chi connectivity index (χ3n) is 2.32. The van der Waals surface area contributed by atoms with Gasteiger partial charge in [0.15, 0.2) is 6.29 Å². The van der Waals surface area contributed by atoms with Crippen LogP contribution in [-0.2, 0) is 0 Å². The molecule has 0 fully saturated rings. The highest BCUT2D eigenvalue weighted by Gasteiger charge is 1.99. The van der Waals surface area contributed by atoms with Gasteiger partial charge < -0.3 is 4.74 Å². The third kappa shape index (κ3) is 4.68. The summed E-state index contributed by atoms with van der Waals surface area (Å²) < 4.78 is 5.56. The Kier molecular flexibility index (Phi) is 5.80. The van der Waals surface area contributed by atoms with Crippen molar-refractivity contribution >= 4 is 6.29 Å². The number of carbonyl (C=O) groups excluding carboxylic acids is 1. The van der Waals surface area contributed by atoms with E-state index in [4.69, 9.17) is 4.74 Å². The predicted octanol–water partition coefficient (Wildman–Crippen LogP) is 3.79. The zero-order valence-corrected chi connectivity index (χ0v) is 10.3. The number of hydrogen-bond acceptors (Lipinski definition) is 2. The van der Waals surface area contributed by atoms with Crippen LogP contribution in [0.1, 0.15) is 30.6 Å². The SMILES string of the molecule is CC=CC(C)=CCCOc1ccccc1C=O. The minimum Gasteiger partial charge on any atom is -0.493 e. The summed E-state index contributed by atoms with van der Waals surface area (Å²) in [5, 5.41) is 0. The number of rotatable bonds is 6. The molecule has 0 heterocycles. The van der Waals surface area contributed by atoms with E-state index < -0.39 is 0 Å². The van der Waals surface area contributed by atoms with Gasteiger partial charge in [-0.05, 0) is 32.4 Å². The Morgan fingerprint density at radius 3 is 2.82 bits per heavy atom. The van der Waals surface area contributed by atoms with Gasteiger partial charge in [-0.15, -0.1) is 0 Å². The summed E-state index contributed by atoms with van der Waals surface area (Å²) in [4.78, 5) is 10.8. The monoisotopic (exact) mass is 230 g/mol. The van der Waals surface area contributed by atoms with Gasteiger partial charge in [0.1, 0.15) is 5.75 Å². The van der Waals surface area contributed by atoms with Crippen molar-refractivity contribution in [1.29, 1.82) is 0 Å². The first-order valence-corrected chi connectivity index (χ1v) is 5.74. The van der Waals surface area contributed by atoms with E-state index in [2.05, 4.69) is 19.1 Å². The van der Waals surface area contributed by atoms with Crippen LogP contribution in [0, 0.1) is 0 Å². The molecule has 0 aliphatic rings. The number of allylic oxidation sites excluding steroid dienone is 3. The molecule has 2 nitrogen and oxygen atoms in total. The minimum absolute atomic E-state index is 0.583. The molecule has 0 atom stereocenters. The number of benzene rings is 1. The number of para-hydroxylation sites is 1. The zero-order valence-electron chi connectivity index (χ0n) is 10.3. The fraction of sp³-hybridized carbons (Fsp3) is 0.267. The maximum Gasteiger partial charge on any atom is 0.153 e. The average Bonchev–Trinajstić information content (AvgIpc) is 2.35.